The molecule has 1 aliphatic heterocycles. The Morgan fingerprint density at radius 1 is 1.12 bits per heavy atom. The Kier molecular flexibility index (Phi) is 5.61. The summed E-state index contributed by atoms with van der Waals surface area (Å²) in [7, 11) is 0. The van der Waals surface area contributed by atoms with Gasteiger partial charge in [-0.25, -0.2) is 8.78 Å². The molecule has 0 aromatic heterocycles. The second-order valence-corrected chi connectivity index (χ2v) is 6.28. The molecule has 2 aromatic rings. The van der Waals surface area contributed by atoms with Gasteiger partial charge in [0, 0.05) is 19.5 Å². The minimum atomic E-state index is -0.759. The van der Waals surface area contributed by atoms with Crippen molar-refractivity contribution in [3.63, 3.8) is 0 Å². The maximum atomic E-state index is 13.7. The normalized spacial score (nSPS) is 17.1. The molecule has 1 saturated heterocycles. The lowest BCUT2D eigenvalue weighted by Gasteiger charge is -2.35. The van der Waals surface area contributed by atoms with Crippen molar-refractivity contribution in [3.05, 3.63) is 71.3 Å². The highest BCUT2D eigenvalue weighted by molar-refractivity contribution is 5.89. The van der Waals surface area contributed by atoms with Crippen LogP contribution in [-0.2, 0) is 16.0 Å². The summed E-state index contributed by atoms with van der Waals surface area (Å²) in [5.74, 6) is -1.11. The van der Waals surface area contributed by atoms with Crippen LogP contribution in [0.25, 0.3) is 0 Å². The Balaban J connectivity index is 1.67. The molecule has 6 heteroatoms. The second-order valence-electron chi connectivity index (χ2n) is 6.28. The molecular weight excluding hydrogens is 338 g/mol. The number of halogens is 2. The summed E-state index contributed by atoms with van der Waals surface area (Å²) in [5.41, 5.74) is 1.15. The van der Waals surface area contributed by atoms with Gasteiger partial charge >= 0.3 is 0 Å². The lowest BCUT2D eigenvalue weighted by atomic mass is 10.0. The maximum absolute atomic E-state index is 13.7. The summed E-state index contributed by atoms with van der Waals surface area (Å²) in [6.07, 6.45) is 1.17. The van der Waals surface area contributed by atoms with Gasteiger partial charge in [0.1, 0.15) is 17.7 Å². The highest BCUT2D eigenvalue weighted by Gasteiger charge is 2.33. The van der Waals surface area contributed by atoms with Crippen molar-refractivity contribution in [2.45, 2.75) is 25.3 Å². The van der Waals surface area contributed by atoms with Crippen LogP contribution in [0.2, 0.25) is 0 Å². The molecule has 0 radical (unpaired) electrons. The number of nitrogens with one attached hydrogen (secondary N) is 1. The summed E-state index contributed by atoms with van der Waals surface area (Å²) in [4.78, 5) is 26.5. The van der Waals surface area contributed by atoms with Crippen LogP contribution in [-0.4, -0.2) is 29.8 Å². The van der Waals surface area contributed by atoms with Crippen LogP contribution in [0.3, 0.4) is 0 Å². The number of carbonyl (C=O) groups is 2. The highest BCUT2D eigenvalue weighted by Crippen LogP contribution is 2.25. The predicted molar refractivity (Wildman–Crippen MR) is 93.2 cm³/mol. The van der Waals surface area contributed by atoms with Crippen LogP contribution in [0.4, 0.5) is 8.78 Å². The standard InChI is InChI=1S/C20H20F2N2O2/c21-16-10-8-15(9-11-16)19-20(26)23-12-13-24(19)18(25)7-3-5-14-4-1-2-6-17(14)22/h1-2,4,6,8-11,19H,3,5,7,12-13H2,(H,23,26). The first-order valence-electron chi connectivity index (χ1n) is 8.62. The third-order valence-corrected chi connectivity index (χ3v) is 4.51. The fourth-order valence-corrected chi connectivity index (χ4v) is 3.19. The van der Waals surface area contributed by atoms with E-state index in [1.54, 1.807) is 18.2 Å². The minimum absolute atomic E-state index is 0.162. The zero-order valence-corrected chi connectivity index (χ0v) is 14.3. The SMILES string of the molecule is O=C1NCCN(C(=O)CCCc2ccccc2F)C1c1ccc(F)cc1. The first kappa shape index (κ1) is 18.0. The van der Waals surface area contributed by atoms with Crippen LogP contribution in [0.1, 0.15) is 30.0 Å². The molecule has 1 N–H and O–H groups in total. The van der Waals surface area contributed by atoms with Gasteiger partial charge in [-0.15, -0.1) is 0 Å². The molecule has 136 valence electrons. The largest absolute Gasteiger partial charge is 0.352 e. The van der Waals surface area contributed by atoms with E-state index in [1.165, 1.54) is 35.2 Å². The summed E-state index contributed by atoms with van der Waals surface area (Å²) in [6.45, 7) is 0.780. The molecule has 1 heterocycles. The highest BCUT2D eigenvalue weighted by atomic mass is 19.1. The maximum Gasteiger partial charge on any atom is 0.247 e. The van der Waals surface area contributed by atoms with Gasteiger partial charge in [0.25, 0.3) is 0 Å². The van der Waals surface area contributed by atoms with E-state index in [2.05, 4.69) is 5.32 Å². The summed E-state index contributed by atoms with van der Waals surface area (Å²) < 4.78 is 26.8. The van der Waals surface area contributed by atoms with Gasteiger partial charge in [0.05, 0.1) is 0 Å². The van der Waals surface area contributed by atoms with Gasteiger partial charge in [-0.05, 0) is 42.2 Å². The predicted octanol–water partition coefficient (Wildman–Crippen LogP) is 2.99. The first-order valence-corrected chi connectivity index (χ1v) is 8.62. The molecule has 0 aliphatic carbocycles. The number of rotatable bonds is 5. The van der Waals surface area contributed by atoms with Gasteiger partial charge in [-0.3, -0.25) is 9.59 Å². The monoisotopic (exact) mass is 358 g/mol. The first-order chi connectivity index (χ1) is 12.6. The number of nitrogens with zero attached hydrogens (tertiary/aromatic N) is 1. The molecule has 1 aliphatic rings. The van der Waals surface area contributed by atoms with Crippen LogP contribution >= 0.6 is 0 Å². The van der Waals surface area contributed by atoms with E-state index in [4.69, 9.17) is 0 Å². The van der Waals surface area contributed by atoms with E-state index in [0.717, 1.165) is 0 Å². The lowest BCUT2D eigenvalue weighted by molar-refractivity contribution is -0.143. The Morgan fingerprint density at radius 2 is 1.85 bits per heavy atom. The Hall–Kier alpha value is -2.76. The van der Waals surface area contributed by atoms with E-state index in [-0.39, 0.29) is 24.1 Å². The Labute approximate surface area is 150 Å². The summed E-state index contributed by atoms with van der Waals surface area (Å²) in [5, 5.41) is 2.74. The average Bonchev–Trinajstić information content (AvgIpc) is 2.64. The fourth-order valence-electron chi connectivity index (χ4n) is 3.19. The molecule has 0 saturated carbocycles. The number of amides is 2. The molecule has 1 atom stereocenters. The van der Waals surface area contributed by atoms with Crippen LogP contribution in [0.15, 0.2) is 48.5 Å². The molecule has 4 nitrogen and oxygen atoms in total. The molecule has 0 spiro atoms. The number of benzene rings is 2. The number of hydrogen-bond acceptors (Lipinski definition) is 2. The minimum Gasteiger partial charge on any atom is -0.352 e. The van der Waals surface area contributed by atoms with Gasteiger partial charge in [-0.2, -0.15) is 0 Å². The van der Waals surface area contributed by atoms with Gasteiger partial charge in [0.15, 0.2) is 0 Å². The quantitative estimate of drug-likeness (QED) is 0.893. The van der Waals surface area contributed by atoms with Crippen molar-refractivity contribution >= 4 is 11.8 Å². The summed E-state index contributed by atoms with van der Waals surface area (Å²) >= 11 is 0. The smallest absolute Gasteiger partial charge is 0.247 e. The fraction of sp³-hybridized carbons (Fsp3) is 0.300. The van der Waals surface area contributed by atoms with Crippen molar-refractivity contribution in [2.75, 3.05) is 13.1 Å². The molecule has 1 unspecified atom stereocenters. The van der Waals surface area contributed by atoms with E-state index in [1.807, 2.05) is 0 Å². The molecule has 2 aromatic carbocycles. The Bertz CT molecular complexity index is 793. The van der Waals surface area contributed by atoms with Crippen molar-refractivity contribution in [2.24, 2.45) is 0 Å². The number of carbonyl (C=O) groups excluding carboxylic acids is 2. The van der Waals surface area contributed by atoms with Crippen molar-refractivity contribution < 1.29 is 18.4 Å². The average molecular weight is 358 g/mol. The zero-order chi connectivity index (χ0) is 18.5. The zero-order valence-electron chi connectivity index (χ0n) is 14.3. The number of aryl methyl sites for hydroxylation is 1. The molecule has 1 fully saturated rings. The molecule has 26 heavy (non-hydrogen) atoms. The molecule has 0 bridgehead atoms. The molecule has 3 rings (SSSR count). The topological polar surface area (TPSA) is 49.4 Å². The van der Waals surface area contributed by atoms with Crippen molar-refractivity contribution in [1.29, 1.82) is 0 Å². The van der Waals surface area contributed by atoms with Gasteiger partial charge < -0.3 is 10.2 Å². The van der Waals surface area contributed by atoms with E-state index in [0.29, 0.717) is 37.1 Å². The number of hydrogen-bond donors (Lipinski definition) is 1. The molecular formula is C20H20F2N2O2. The van der Waals surface area contributed by atoms with Crippen LogP contribution in [0.5, 0.6) is 0 Å². The lowest BCUT2D eigenvalue weighted by Crippen LogP contribution is -2.52. The van der Waals surface area contributed by atoms with Crippen molar-refractivity contribution in [3.8, 4) is 0 Å². The van der Waals surface area contributed by atoms with Gasteiger partial charge in [0.2, 0.25) is 11.8 Å². The Morgan fingerprint density at radius 3 is 2.58 bits per heavy atom. The third kappa shape index (κ3) is 4.07. The van der Waals surface area contributed by atoms with Crippen molar-refractivity contribution in [1.82, 2.24) is 10.2 Å². The van der Waals surface area contributed by atoms with E-state index < -0.39 is 11.9 Å². The van der Waals surface area contributed by atoms with Gasteiger partial charge in [-0.1, -0.05) is 30.3 Å². The van der Waals surface area contributed by atoms with Crippen LogP contribution < -0.4 is 5.32 Å². The van der Waals surface area contributed by atoms with Crippen LogP contribution in [0, 0.1) is 11.6 Å². The van der Waals surface area contributed by atoms with E-state index >= 15 is 0 Å². The number of piperazine rings is 1. The van der Waals surface area contributed by atoms with E-state index in [9.17, 15) is 18.4 Å². The second kappa shape index (κ2) is 8.08. The molecule has 2 amide bonds. The third-order valence-electron chi connectivity index (χ3n) is 4.51. The summed E-state index contributed by atoms with van der Waals surface area (Å²) in [6, 6.07) is 11.3.